The molecule has 0 heterocycles. The molecule has 0 saturated carbocycles. The molecule has 0 spiro atoms. The summed E-state index contributed by atoms with van der Waals surface area (Å²) in [5.74, 6) is 0. The summed E-state index contributed by atoms with van der Waals surface area (Å²) in [6.07, 6.45) is -0.241. The molecule has 0 aromatic carbocycles. The van der Waals surface area contributed by atoms with Gasteiger partial charge >= 0.3 is 6.03 Å². The van der Waals surface area contributed by atoms with Crippen LogP contribution in [0.25, 0.3) is 0 Å². The number of amides is 2. The molecule has 0 atom stereocenters. The molecule has 0 aromatic rings. The summed E-state index contributed by atoms with van der Waals surface area (Å²) in [6.45, 7) is 1.87. The zero-order valence-corrected chi connectivity index (χ0v) is 9.87. The lowest BCUT2D eigenvalue weighted by molar-refractivity contribution is -0.0985. The molecule has 0 rings (SSSR count). The van der Waals surface area contributed by atoms with Gasteiger partial charge in [0.15, 0.2) is 6.29 Å². The number of rotatable bonds is 7. The predicted octanol–water partition coefficient (Wildman–Crippen LogP) is -0.534. The lowest BCUT2D eigenvalue weighted by atomic mass is 10.5. The second-order valence-electron chi connectivity index (χ2n) is 3.23. The van der Waals surface area contributed by atoms with Crippen LogP contribution < -0.4 is 10.6 Å². The molecule has 15 heavy (non-hydrogen) atoms. The van der Waals surface area contributed by atoms with E-state index in [1.165, 1.54) is 4.90 Å². The topological polar surface area (TPSA) is 62.8 Å². The van der Waals surface area contributed by atoms with E-state index < -0.39 is 0 Å². The third-order valence-electron chi connectivity index (χ3n) is 1.82. The van der Waals surface area contributed by atoms with Crippen LogP contribution in [0.2, 0.25) is 0 Å². The highest BCUT2D eigenvalue weighted by Gasteiger charge is 2.04. The van der Waals surface area contributed by atoms with Gasteiger partial charge in [0, 0.05) is 47.9 Å². The van der Waals surface area contributed by atoms with Crippen LogP contribution >= 0.6 is 0 Å². The fourth-order valence-electron chi connectivity index (χ4n) is 0.899. The normalized spacial score (nSPS) is 10.5. The summed E-state index contributed by atoms with van der Waals surface area (Å²) >= 11 is 0. The molecule has 0 bridgehead atoms. The van der Waals surface area contributed by atoms with Crippen molar-refractivity contribution in [2.24, 2.45) is 0 Å². The van der Waals surface area contributed by atoms with Gasteiger partial charge in [-0.15, -0.1) is 0 Å². The Hall–Kier alpha value is -0.850. The standard InChI is InChI=1S/C9H21N3O3/c1-12(2)9(13)11-6-5-10-7-8(14-3)15-4/h8,10H,5-7H2,1-4H3,(H,11,13). The van der Waals surface area contributed by atoms with Gasteiger partial charge in [0.2, 0.25) is 0 Å². The number of ether oxygens (including phenoxy) is 2. The largest absolute Gasteiger partial charge is 0.355 e. The van der Waals surface area contributed by atoms with E-state index >= 15 is 0 Å². The summed E-state index contributed by atoms with van der Waals surface area (Å²) in [4.78, 5) is 12.6. The summed E-state index contributed by atoms with van der Waals surface area (Å²) in [5.41, 5.74) is 0. The van der Waals surface area contributed by atoms with Crippen molar-refractivity contribution in [2.45, 2.75) is 6.29 Å². The van der Waals surface area contributed by atoms with Crippen molar-refractivity contribution in [1.29, 1.82) is 0 Å². The van der Waals surface area contributed by atoms with E-state index in [0.717, 1.165) is 0 Å². The highest BCUT2D eigenvalue weighted by atomic mass is 16.7. The zero-order chi connectivity index (χ0) is 11.7. The first kappa shape index (κ1) is 14.2. The maximum Gasteiger partial charge on any atom is 0.316 e. The maximum atomic E-state index is 11.1. The third-order valence-corrected chi connectivity index (χ3v) is 1.82. The van der Waals surface area contributed by atoms with Crippen molar-refractivity contribution < 1.29 is 14.3 Å². The smallest absolute Gasteiger partial charge is 0.316 e. The zero-order valence-electron chi connectivity index (χ0n) is 9.87. The Labute approximate surface area is 90.9 Å². The predicted molar refractivity (Wildman–Crippen MR) is 57.8 cm³/mol. The van der Waals surface area contributed by atoms with Crippen molar-refractivity contribution in [2.75, 3.05) is 47.9 Å². The van der Waals surface area contributed by atoms with Gasteiger partial charge in [-0.2, -0.15) is 0 Å². The molecule has 0 unspecified atom stereocenters. The minimum Gasteiger partial charge on any atom is -0.355 e. The molecule has 2 N–H and O–H groups in total. The number of hydrogen-bond donors (Lipinski definition) is 2. The Morgan fingerprint density at radius 1 is 1.27 bits per heavy atom. The van der Waals surface area contributed by atoms with Crippen LogP contribution in [0.1, 0.15) is 0 Å². The van der Waals surface area contributed by atoms with Gasteiger partial charge in [0.05, 0.1) is 0 Å². The number of hydrogen-bond acceptors (Lipinski definition) is 4. The van der Waals surface area contributed by atoms with E-state index in [1.807, 2.05) is 0 Å². The number of methoxy groups -OCH3 is 2. The molecule has 0 aliphatic heterocycles. The molecule has 6 nitrogen and oxygen atoms in total. The summed E-state index contributed by atoms with van der Waals surface area (Å²) in [6, 6.07) is -0.0909. The third kappa shape index (κ3) is 7.12. The Balaban J connectivity index is 3.35. The molecule has 0 aromatic heterocycles. The van der Waals surface area contributed by atoms with Crippen LogP contribution in [0.15, 0.2) is 0 Å². The lowest BCUT2D eigenvalue weighted by Crippen LogP contribution is -2.40. The lowest BCUT2D eigenvalue weighted by Gasteiger charge is -2.15. The number of nitrogens with zero attached hydrogens (tertiary/aromatic N) is 1. The molecule has 6 heteroatoms. The number of nitrogens with one attached hydrogen (secondary N) is 2. The number of carbonyl (C=O) groups excluding carboxylic acids is 1. The van der Waals surface area contributed by atoms with Crippen molar-refractivity contribution in [3.05, 3.63) is 0 Å². The number of carbonyl (C=O) groups is 1. The molecule has 90 valence electrons. The summed E-state index contributed by atoms with van der Waals surface area (Å²) in [7, 11) is 6.58. The van der Waals surface area contributed by atoms with Gasteiger partial charge < -0.3 is 25.0 Å². The molecule has 2 amide bonds. The highest BCUT2D eigenvalue weighted by Crippen LogP contribution is 1.86. The Kier molecular flexibility index (Phi) is 7.98. The molecule has 0 radical (unpaired) electrons. The van der Waals surface area contributed by atoms with Crippen molar-refractivity contribution in [3.8, 4) is 0 Å². The van der Waals surface area contributed by atoms with Crippen LogP contribution in [-0.2, 0) is 9.47 Å². The second-order valence-corrected chi connectivity index (χ2v) is 3.23. The highest BCUT2D eigenvalue weighted by molar-refractivity contribution is 5.73. The van der Waals surface area contributed by atoms with Crippen LogP contribution in [0.5, 0.6) is 0 Å². The van der Waals surface area contributed by atoms with Crippen LogP contribution in [0.3, 0.4) is 0 Å². The summed E-state index contributed by atoms with van der Waals surface area (Å²) < 4.78 is 9.97. The fourth-order valence-corrected chi connectivity index (χ4v) is 0.899. The van der Waals surface area contributed by atoms with E-state index in [-0.39, 0.29) is 12.3 Å². The summed E-state index contributed by atoms with van der Waals surface area (Å²) in [5, 5.41) is 5.83. The SMILES string of the molecule is COC(CNCCNC(=O)N(C)C)OC. The molecule has 0 aliphatic carbocycles. The van der Waals surface area contributed by atoms with Crippen LogP contribution in [-0.4, -0.2) is 65.2 Å². The quantitative estimate of drug-likeness (QED) is 0.446. The van der Waals surface area contributed by atoms with E-state index in [4.69, 9.17) is 9.47 Å². The monoisotopic (exact) mass is 219 g/mol. The average molecular weight is 219 g/mol. The first-order valence-corrected chi connectivity index (χ1v) is 4.83. The van der Waals surface area contributed by atoms with Gasteiger partial charge in [-0.3, -0.25) is 0 Å². The minimum absolute atomic E-state index is 0.0909. The van der Waals surface area contributed by atoms with Gasteiger partial charge in [0.1, 0.15) is 0 Å². The number of urea groups is 1. The molecular weight excluding hydrogens is 198 g/mol. The van der Waals surface area contributed by atoms with E-state index in [2.05, 4.69) is 10.6 Å². The van der Waals surface area contributed by atoms with Crippen molar-refractivity contribution in [1.82, 2.24) is 15.5 Å². The molecular formula is C9H21N3O3. The Morgan fingerprint density at radius 3 is 2.33 bits per heavy atom. The van der Waals surface area contributed by atoms with Crippen LogP contribution in [0.4, 0.5) is 4.79 Å². The minimum atomic E-state index is -0.241. The molecule has 0 aliphatic rings. The van der Waals surface area contributed by atoms with Crippen LogP contribution in [0, 0.1) is 0 Å². The molecule has 0 fully saturated rings. The van der Waals surface area contributed by atoms with Gasteiger partial charge in [-0.1, -0.05) is 0 Å². The fraction of sp³-hybridized carbons (Fsp3) is 0.889. The van der Waals surface area contributed by atoms with E-state index in [1.54, 1.807) is 28.3 Å². The van der Waals surface area contributed by atoms with Crippen molar-refractivity contribution >= 4 is 6.03 Å². The van der Waals surface area contributed by atoms with E-state index in [0.29, 0.717) is 19.6 Å². The Morgan fingerprint density at radius 2 is 1.87 bits per heavy atom. The van der Waals surface area contributed by atoms with Crippen molar-refractivity contribution in [3.63, 3.8) is 0 Å². The average Bonchev–Trinajstić information content (AvgIpc) is 2.23. The Bertz CT molecular complexity index is 172. The van der Waals surface area contributed by atoms with Gasteiger partial charge in [0.25, 0.3) is 0 Å². The first-order valence-electron chi connectivity index (χ1n) is 4.83. The second kappa shape index (κ2) is 8.46. The van der Waals surface area contributed by atoms with E-state index in [9.17, 15) is 4.79 Å². The first-order chi connectivity index (χ1) is 7.11. The van der Waals surface area contributed by atoms with Gasteiger partial charge in [-0.25, -0.2) is 4.79 Å². The molecule has 0 saturated heterocycles. The van der Waals surface area contributed by atoms with Gasteiger partial charge in [-0.05, 0) is 0 Å². The maximum absolute atomic E-state index is 11.1.